The first-order chi connectivity index (χ1) is 10.1. The topological polar surface area (TPSA) is 38.5 Å². The number of rotatable bonds is 6. The molecule has 2 N–H and O–H groups in total. The van der Waals surface area contributed by atoms with Gasteiger partial charge in [0.1, 0.15) is 5.75 Å². The van der Waals surface area contributed by atoms with Gasteiger partial charge in [-0.2, -0.15) is 0 Å². The zero-order chi connectivity index (χ0) is 15.3. The van der Waals surface area contributed by atoms with Gasteiger partial charge < -0.3 is 15.4 Å². The highest BCUT2D eigenvalue weighted by atomic mass is 16.5. The summed E-state index contributed by atoms with van der Waals surface area (Å²) in [5.74, 6) is 0.869. The molecule has 3 nitrogen and oxygen atoms in total. The van der Waals surface area contributed by atoms with E-state index in [4.69, 9.17) is 10.5 Å². The summed E-state index contributed by atoms with van der Waals surface area (Å²) >= 11 is 0. The number of methoxy groups -OCH3 is 1. The molecule has 112 valence electrons. The van der Waals surface area contributed by atoms with Crippen molar-refractivity contribution in [1.82, 2.24) is 0 Å². The van der Waals surface area contributed by atoms with E-state index in [-0.39, 0.29) is 5.41 Å². The molecule has 0 bridgehead atoms. The second kappa shape index (κ2) is 6.64. The molecule has 0 heterocycles. The summed E-state index contributed by atoms with van der Waals surface area (Å²) in [7, 11) is 3.78. The van der Waals surface area contributed by atoms with Crippen LogP contribution in [0, 0.1) is 0 Å². The van der Waals surface area contributed by atoms with Crippen molar-refractivity contribution in [3.8, 4) is 5.75 Å². The highest BCUT2D eigenvalue weighted by Crippen LogP contribution is 2.27. The van der Waals surface area contributed by atoms with Gasteiger partial charge in [-0.05, 0) is 17.7 Å². The molecular weight excluding hydrogens is 260 g/mol. The molecule has 2 aromatic rings. The lowest BCUT2D eigenvalue weighted by Crippen LogP contribution is -2.42. The molecule has 0 aliphatic rings. The van der Waals surface area contributed by atoms with Crippen molar-refractivity contribution >= 4 is 5.69 Å². The number of hydrogen-bond donors (Lipinski definition) is 1. The first kappa shape index (κ1) is 15.4. The number of nitrogens with zero attached hydrogens (tertiary/aromatic N) is 1. The van der Waals surface area contributed by atoms with Gasteiger partial charge in [0.2, 0.25) is 0 Å². The summed E-state index contributed by atoms with van der Waals surface area (Å²) in [6.07, 6.45) is 0. The molecule has 0 radical (unpaired) electrons. The molecule has 2 aromatic carbocycles. The van der Waals surface area contributed by atoms with Gasteiger partial charge in [0.25, 0.3) is 0 Å². The van der Waals surface area contributed by atoms with Crippen LogP contribution in [-0.2, 0) is 5.41 Å². The van der Waals surface area contributed by atoms with Gasteiger partial charge in [0, 0.05) is 37.3 Å². The van der Waals surface area contributed by atoms with Gasteiger partial charge in [-0.3, -0.25) is 0 Å². The molecular formula is C18H24N2O. The Morgan fingerprint density at radius 3 is 2.43 bits per heavy atom. The van der Waals surface area contributed by atoms with E-state index < -0.39 is 0 Å². The van der Waals surface area contributed by atoms with Gasteiger partial charge in [-0.15, -0.1) is 0 Å². The minimum Gasteiger partial charge on any atom is -0.497 e. The molecule has 21 heavy (non-hydrogen) atoms. The van der Waals surface area contributed by atoms with Crippen LogP contribution in [0.1, 0.15) is 12.5 Å². The second-order valence-corrected chi connectivity index (χ2v) is 5.69. The van der Waals surface area contributed by atoms with Crippen molar-refractivity contribution in [2.45, 2.75) is 12.3 Å². The fourth-order valence-electron chi connectivity index (χ4n) is 2.58. The van der Waals surface area contributed by atoms with Gasteiger partial charge in [-0.1, -0.05) is 43.3 Å². The summed E-state index contributed by atoms with van der Waals surface area (Å²) in [5.41, 5.74) is 8.38. The van der Waals surface area contributed by atoms with Crippen LogP contribution < -0.4 is 15.4 Å². The summed E-state index contributed by atoms with van der Waals surface area (Å²) in [4.78, 5) is 2.22. The van der Waals surface area contributed by atoms with Crippen LogP contribution in [0.15, 0.2) is 54.6 Å². The normalized spacial score (nSPS) is 13.5. The maximum absolute atomic E-state index is 6.07. The standard InChI is InChI=1S/C18H24N2O/c1-18(13-19,15-8-5-4-6-9-15)14-20(2)16-10-7-11-17(12-16)21-3/h4-12H,13-14,19H2,1-3H3. The van der Waals surface area contributed by atoms with Crippen molar-refractivity contribution in [3.05, 3.63) is 60.2 Å². The van der Waals surface area contributed by atoms with Crippen molar-refractivity contribution in [2.75, 3.05) is 32.1 Å². The highest BCUT2D eigenvalue weighted by Gasteiger charge is 2.26. The van der Waals surface area contributed by atoms with Crippen molar-refractivity contribution in [1.29, 1.82) is 0 Å². The van der Waals surface area contributed by atoms with E-state index in [1.807, 2.05) is 24.3 Å². The summed E-state index contributed by atoms with van der Waals surface area (Å²) in [6, 6.07) is 18.5. The number of hydrogen-bond acceptors (Lipinski definition) is 3. The van der Waals surface area contributed by atoms with E-state index in [9.17, 15) is 0 Å². The van der Waals surface area contributed by atoms with Crippen LogP contribution in [0.2, 0.25) is 0 Å². The predicted octanol–water partition coefficient (Wildman–Crippen LogP) is 3.05. The maximum atomic E-state index is 6.07. The molecule has 0 fully saturated rings. The summed E-state index contributed by atoms with van der Waals surface area (Å²) in [5, 5.41) is 0. The quantitative estimate of drug-likeness (QED) is 0.886. The van der Waals surface area contributed by atoms with Crippen LogP contribution in [0.4, 0.5) is 5.69 Å². The molecule has 1 atom stereocenters. The molecule has 0 saturated carbocycles. The number of ether oxygens (including phenoxy) is 1. The van der Waals surface area contributed by atoms with Crippen molar-refractivity contribution in [3.63, 3.8) is 0 Å². The first-order valence-electron chi connectivity index (χ1n) is 7.20. The van der Waals surface area contributed by atoms with Crippen molar-refractivity contribution < 1.29 is 4.74 Å². The molecule has 0 amide bonds. The monoisotopic (exact) mass is 284 g/mol. The zero-order valence-corrected chi connectivity index (χ0v) is 13.0. The first-order valence-corrected chi connectivity index (χ1v) is 7.20. The average molecular weight is 284 g/mol. The Hall–Kier alpha value is -2.00. The molecule has 0 aromatic heterocycles. The zero-order valence-electron chi connectivity index (χ0n) is 13.0. The number of benzene rings is 2. The Morgan fingerprint density at radius 1 is 1.10 bits per heavy atom. The molecule has 0 saturated heterocycles. The van der Waals surface area contributed by atoms with Gasteiger partial charge in [0.15, 0.2) is 0 Å². The minimum absolute atomic E-state index is 0.0842. The predicted molar refractivity (Wildman–Crippen MR) is 89.1 cm³/mol. The Labute approximate surface area is 127 Å². The number of anilines is 1. The summed E-state index contributed by atoms with van der Waals surface area (Å²) in [6.45, 7) is 3.66. The highest BCUT2D eigenvalue weighted by molar-refractivity contribution is 5.51. The van der Waals surface area contributed by atoms with E-state index >= 15 is 0 Å². The number of nitrogens with two attached hydrogens (primary N) is 1. The smallest absolute Gasteiger partial charge is 0.120 e. The third-order valence-corrected chi connectivity index (χ3v) is 4.00. The van der Waals surface area contributed by atoms with Crippen molar-refractivity contribution in [2.24, 2.45) is 5.73 Å². The van der Waals surface area contributed by atoms with Gasteiger partial charge in [-0.25, -0.2) is 0 Å². The minimum atomic E-state index is -0.0842. The third-order valence-electron chi connectivity index (χ3n) is 4.00. The van der Waals surface area contributed by atoms with E-state index in [0.717, 1.165) is 18.0 Å². The Bertz CT molecular complexity index is 570. The second-order valence-electron chi connectivity index (χ2n) is 5.69. The summed E-state index contributed by atoms with van der Waals surface area (Å²) < 4.78 is 5.29. The lowest BCUT2D eigenvalue weighted by atomic mass is 9.82. The van der Waals surface area contributed by atoms with Crippen LogP contribution in [0.5, 0.6) is 5.75 Å². The molecule has 1 unspecified atom stereocenters. The average Bonchev–Trinajstić information content (AvgIpc) is 2.55. The lowest BCUT2D eigenvalue weighted by molar-refractivity contribution is 0.414. The van der Waals surface area contributed by atoms with Crippen LogP contribution in [0.25, 0.3) is 0 Å². The van der Waals surface area contributed by atoms with Crippen LogP contribution in [-0.4, -0.2) is 27.2 Å². The largest absolute Gasteiger partial charge is 0.497 e. The molecule has 3 heteroatoms. The van der Waals surface area contributed by atoms with E-state index in [0.29, 0.717) is 6.54 Å². The third kappa shape index (κ3) is 3.56. The molecule has 0 aliphatic carbocycles. The van der Waals surface area contributed by atoms with E-state index in [1.54, 1.807) is 7.11 Å². The van der Waals surface area contributed by atoms with Gasteiger partial charge in [0.05, 0.1) is 7.11 Å². The van der Waals surface area contributed by atoms with Crippen LogP contribution in [0.3, 0.4) is 0 Å². The fraction of sp³-hybridized carbons (Fsp3) is 0.333. The van der Waals surface area contributed by atoms with Gasteiger partial charge >= 0.3 is 0 Å². The Kier molecular flexibility index (Phi) is 4.86. The SMILES string of the molecule is COc1cccc(N(C)CC(C)(CN)c2ccccc2)c1. The van der Waals surface area contributed by atoms with E-state index in [1.165, 1.54) is 5.56 Å². The molecule has 0 spiro atoms. The molecule has 0 aliphatic heterocycles. The molecule has 2 rings (SSSR count). The maximum Gasteiger partial charge on any atom is 0.120 e. The Balaban J connectivity index is 2.21. The van der Waals surface area contributed by atoms with E-state index in [2.05, 4.69) is 49.2 Å². The lowest BCUT2D eigenvalue weighted by Gasteiger charge is -2.34. The van der Waals surface area contributed by atoms with Crippen LogP contribution >= 0.6 is 0 Å². The number of likely N-dealkylation sites (N-methyl/N-ethyl adjacent to an activating group) is 1. The fourth-order valence-corrected chi connectivity index (χ4v) is 2.58. The Morgan fingerprint density at radius 2 is 1.81 bits per heavy atom.